The van der Waals surface area contributed by atoms with E-state index in [1.165, 1.54) is 6.33 Å². The van der Waals surface area contributed by atoms with Crippen LogP contribution >= 0.6 is 0 Å². The van der Waals surface area contributed by atoms with Crippen molar-refractivity contribution in [1.82, 2.24) is 9.97 Å². The first-order valence-electron chi connectivity index (χ1n) is 5.62. The minimum Gasteiger partial charge on any atom is -0.391 e. The van der Waals surface area contributed by atoms with E-state index in [1.807, 2.05) is 6.07 Å². The van der Waals surface area contributed by atoms with Crippen molar-refractivity contribution in [2.75, 3.05) is 25.6 Å². The molecular formula is C11H17N3O3. The number of nitrogens with one attached hydrogen (secondary N) is 1. The third-order valence-electron chi connectivity index (χ3n) is 2.67. The normalized spacial score (nSPS) is 24.6. The van der Waals surface area contributed by atoms with E-state index in [0.717, 1.165) is 5.69 Å². The van der Waals surface area contributed by atoms with Crippen LogP contribution < -0.4 is 5.32 Å². The Balaban J connectivity index is 1.99. The molecule has 1 aliphatic heterocycles. The smallest absolute Gasteiger partial charge is 0.130 e. The molecule has 2 N–H and O–H groups in total. The van der Waals surface area contributed by atoms with Crippen LogP contribution in [-0.4, -0.2) is 47.5 Å². The maximum atomic E-state index is 9.79. The lowest BCUT2D eigenvalue weighted by molar-refractivity contribution is 0.00303. The lowest BCUT2D eigenvalue weighted by Crippen LogP contribution is -2.42. The summed E-state index contributed by atoms with van der Waals surface area (Å²) < 4.78 is 10.3. The van der Waals surface area contributed by atoms with Gasteiger partial charge in [-0.2, -0.15) is 0 Å². The van der Waals surface area contributed by atoms with Crippen molar-refractivity contribution in [2.24, 2.45) is 0 Å². The second-order valence-corrected chi connectivity index (χ2v) is 4.01. The van der Waals surface area contributed by atoms with Crippen LogP contribution in [0.2, 0.25) is 0 Å². The van der Waals surface area contributed by atoms with E-state index in [2.05, 4.69) is 15.3 Å². The van der Waals surface area contributed by atoms with E-state index in [0.29, 0.717) is 32.1 Å². The Bertz CT molecular complexity index is 362. The van der Waals surface area contributed by atoms with Crippen molar-refractivity contribution in [3.8, 4) is 0 Å². The summed E-state index contributed by atoms with van der Waals surface area (Å²) in [4.78, 5) is 8.18. The van der Waals surface area contributed by atoms with Crippen LogP contribution in [0.4, 0.5) is 5.82 Å². The fourth-order valence-electron chi connectivity index (χ4n) is 1.76. The van der Waals surface area contributed by atoms with Gasteiger partial charge in [0, 0.05) is 19.8 Å². The zero-order chi connectivity index (χ0) is 12.1. The van der Waals surface area contributed by atoms with E-state index in [-0.39, 0.29) is 6.04 Å². The first-order chi connectivity index (χ1) is 8.29. The highest BCUT2D eigenvalue weighted by Crippen LogP contribution is 2.13. The number of hydrogen-bond donors (Lipinski definition) is 2. The van der Waals surface area contributed by atoms with Crippen LogP contribution in [0.5, 0.6) is 0 Å². The second-order valence-electron chi connectivity index (χ2n) is 4.01. The maximum Gasteiger partial charge on any atom is 0.130 e. The molecule has 1 aliphatic rings. The van der Waals surface area contributed by atoms with Gasteiger partial charge in [0.25, 0.3) is 0 Å². The van der Waals surface area contributed by atoms with Gasteiger partial charge in [-0.05, 0) is 6.42 Å². The summed E-state index contributed by atoms with van der Waals surface area (Å²) in [5, 5.41) is 12.9. The molecule has 1 saturated heterocycles. The van der Waals surface area contributed by atoms with Crippen LogP contribution in [0.25, 0.3) is 0 Å². The van der Waals surface area contributed by atoms with Gasteiger partial charge >= 0.3 is 0 Å². The molecule has 0 bridgehead atoms. The van der Waals surface area contributed by atoms with Gasteiger partial charge in [0.1, 0.15) is 12.1 Å². The summed E-state index contributed by atoms with van der Waals surface area (Å²) in [5.74, 6) is 0.682. The summed E-state index contributed by atoms with van der Waals surface area (Å²) in [5.41, 5.74) is 0.802. The third-order valence-corrected chi connectivity index (χ3v) is 2.67. The monoisotopic (exact) mass is 239 g/mol. The Labute approximate surface area is 100.0 Å². The molecule has 0 unspecified atom stereocenters. The van der Waals surface area contributed by atoms with E-state index in [1.54, 1.807) is 7.11 Å². The molecule has 1 aromatic rings. The first kappa shape index (κ1) is 12.2. The van der Waals surface area contributed by atoms with E-state index in [4.69, 9.17) is 9.47 Å². The Morgan fingerprint density at radius 2 is 2.47 bits per heavy atom. The average Bonchev–Trinajstić information content (AvgIpc) is 2.33. The summed E-state index contributed by atoms with van der Waals surface area (Å²) in [6.07, 6.45) is 1.73. The van der Waals surface area contributed by atoms with Crippen molar-refractivity contribution in [3.63, 3.8) is 0 Å². The zero-order valence-corrected chi connectivity index (χ0v) is 9.80. The highest BCUT2D eigenvalue weighted by Gasteiger charge is 2.23. The van der Waals surface area contributed by atoms with Crippen molar-refractivity contribution in [2.45, 2.75) is 25.2 Å². The number of ether oxygens (including phenoxy) is 2. The molecule has 0 aromatic carbocycles. The van der Waals surface area contributed by atoms with E-state index in [9.17, 15) is 5.11 Å². The van der Waals surface area contributed by atoms with Crippen LogP contribution in [0.3, 0.4) is 0 Å². The topological polar surface area (TPSA) is 76.5 Å². The Hall–Kier alpha value is -1.24. The Morgan fingerprint density at radius 3 is 3.24 bits per heavy atom. The Morgan fingerprint density at radius 1 is 1.59 bits per heavy atom. The van der Waals surface area contributed by atoms with Gasteiger partial charge in [-0.25, -0.2) is 9.97 Å². The standard InChI is InChI=1S/C11H17N3O3/c1-16-5-8-4-11(13-7-12-8)14-9-6-17-3-2-10(9)15/h4,7,9-10,15H,2-3,5-6H2,1H3,(H,12,13,14)/t9-,10-/m1/s1. The van der Waals surface area contributed by atoms with Crippen LogP contribution in [0, 0.1) is 0 Å². The molecule has 0 radical (unpaired) electrons. The molecule has 2 atom stereocenters. The first-order valence-corrected chi connectivity index (χ1v) is 5.62. The van der Waals surface area contributed by atoms with Crippen molar-refractivity contribution in [1.29, 1.82) is 0 Å². The minimum absolute atomic E-state index is 0.117. The summed E-state index contributed by atoms with van der Waals surface area (Å²) in [6, 6.07) is 1.69. The molecule has 0 spiro atoms. The summed E-state index contributed by atoms with van der Waals surface area (Å²) >= 11 is 0. The van der Waals surface area contributed by atoms with Gasteiger partial charge < -0.3 is 19.9 Å². The predicted octanol–water partition coefficient (Wildman–Crippen LogP) is 0.185. The molecule has 1 aromatic heterocycles. The van der Waals surface area contributed by atoms with E-state index < -0.39 is 6.10 Å². The fourth-order valence-corrected chi connectivity index (χ4v) is 1.76. The van der Waals surface area contributed by atoms with Crippen molar-refractivity contribution < 1.29 is 14.6 Å². The van der Waals surface area contributed by atoms with Crippen molar-refractivity contribution >= 4 is 5.82 Å². The van der Waals surface area contributed by atoms with Crippen LogP contribution in [0.15, 0.2) is 12.4 Å². The second kappa shape index (κ2) is 5.90. The minimum atomic E-state index is -0.399. The maximum absolute atomic E-state index is 9.79. The molecule has 17 heavy (non-hydrogen) atoms. The van der Waals surface area contributed by atoms with Gasteiger partial charge in [-0.15, -0.1) is 0 Å². The van der Waals surface area contributed by atoms with Gasteiger partial charge in [0.2, 0.25) is 0 Å². The molecule has 6 nitrogen and oxygen atoms in total. The quantitative estimate of drug-likeness (QED) is 0.781. The van der Waals surface area contributed by atoms with Gasteiger partial charge in [0.15, 0.2) is 0 Å². The van der Waals surface area contributed by atoms with E-state index >= 15 is 0 Å². The number of aromatic nitrogens is 2. The molecule has 2 heterocycles. The molecule has 0 saturated carbocycles. The molecule has 0 amide bonds. The molecule has 2 rings (SSSR count). The Kier molecular flexibility index (Phi) is 4.24. The number of anilines is 1. The molecule has 6 heteroatoms. The largest absolute Gasteiger partial charge is 0.391 e. The molecule has 1 fully saturated rings. The number of nitrogens with zero attached hydrogens (tertiary/aromatic N) is 2. The number of aliphatic hydroxyl groups is 1. The van der Waals surface area contributed by atoms with Crippen LogP contribution in [-0.2, 0) is 16.1 Å². The lowest BCUT2D eigenvalue weighted by Gasteiger charge is -2.28. The van der Waals surface area contributed by atoms with Crippen molar-refractivity contribution in [3.05, 3.63) is 18.1 Å². The average molecular weight is 239 g/mol. The number of rotatable bonds is 4. The summed E-state index contributed by atoms with van der Waals surface area (Å²) in [7, 11) is 1.62. The van der Waals surface area contributed by atoms with Gasteiger partial charge in [0.05, 0.1) is 31.1 Å². The highest BCUT2D eigenvalue weighted by atomic mass is 16.5. The molecule has 0 aliphatic carbocycles. The number of aliphatic hydroxyl groups excluding tert-OH is 1. The fraction of sp³-hybridized carbons (Fsp3) is 0.636. The third kappa shape index (κ3) is 3.36. The van der Waals surface area contributed by atoms with Gasteiger partial charge in [-0.1, -0.05) is 0 Å². The zero-order valence-electron chi connectivity index (χ0n) is 9.80. The number of hydrogen-bond acceptors (Lipinski definition) is 6. The lowest BCUT2D eigenvalue weighted by atomic mass is 10.1. The number of methoxy groups -OCH3 is 1. The molecular weight excluding hydrogens is 222 g/mol. The summed E-state index contributed by atoms with van der Waals surface area (Å²) in [6.45, 7) is 1.55. The van der Waals surface area contributed by atoms with Crippen LogP contribution in [0.1, 0.15) is 12.1 Å². The highest BCUT2D eigenvalue weighted by molar-refractivity contribution is 5.36. The predicted molar refractivity (Wildman–Crippen MR) is 61.6 cm³/mol. The SMILES string of the molecule is COCc1cc(N[C@@H]2COCC[C@H]2O)ncn1. The van der Waals surface area contributed by atoms with Gasteiger partial charge in [-0.3, -0.25) is 0 Å². The molecule has 94 valence electrons.